The third kappa shape index (κ3) is 8.93. The van der Waals surface area contributed by atoms with Gasteiger partial charge in [-0.1, -0.05) is 57.0 Å². The Morgan fingerprint density at radius 3 is 2.50 bits per heavy atom. The van der Waals surface area contributed by atoms with Crippen molar-refractivity contribution in [1.29, 1.82) is 0 Å². The maximum atomic E-state index is 13.9. The highest BCUT2D eigenvalue weighted by atomic mass is 31.2. The first-order valence-electron chi connectivity index (χ1n) is 14.2. The summed E-state index contributed by atoms with van der Waals surface area (Å²) in [5.41, 5.74) is 3.52. The van der Waals surface area contributed by atoms with E-state index in [1.54, 1.807) is 24.3 Å². The largest absolute Gasteiger partial charge is 0.464 e. The Morgan fingerprint density at radius 1 is 1.21 bits per heavy atom. The van der Waals surface area contributed by atoms with E-state index in [1.807, 2.05) is 6.07 Å². The first kappa shape index (κ1) is 33.9. The van der Waals surface area contributed by atoms with Crippen LogP contribution in [0.5, 0.6) is 0 Å². The fraction of sp³-hybridized carbons (Fsp3) is 0.607. The molecule has 42 heavy (non-hydrogen) atoms. The van der Waals surface area contributed by atoms with Crippen LogP contribution in [0.2, 0.25) is 0 Å². The van der Waals surface area contributed by atoms with Gasteiger partial charge < -0.3 is 25.4 Å². The molecule has 1 fully saturated rings. The standard InChI is InChI=1S/C28H43N4O9P/c1-5-10-20(11-6-2)16-38-25(34)19(3)31-42(37,39-17-21-12-8-7-9-13-21)40-18-22-24(33)28(4,36)26(41-22)32-15-14-23(29)30-27(32)35/h7-9,12-15,19-20,22,24,26,33,36H,5-6,10-11,16-18H2,1-4H3,(H,31,37)(H2,29,30,35)/t19-,22+,24+,26+,28+,42?/m0/s1. The second kappa shape index (κ2) is 15.2. The number of nitrogens with two attached hydrogens (primary N) is 1. The topological polar surface area (TPSA) is 184 Å². The zero-order chi connectivity index (χ0) is 30.9. The average molecular weight is 611 g/mol. The number of esters is 1. The number of rotatable bonds is 16. The van der Waals surface area contributed by atoms with Crippen molar-refractivity contribution in [2.45, 2.75) is 90.1 Å². The number of anilines is 1. The lowest BCUT2D eigenvalue weighted by molar-refractivity contribution is -0.147. The number of nitrogens with one attached hydrogen (secondary N) is 1. The zero-order valence-corrected chi connectivity index (χ0v) is 25.4. The Hall–Kier alpha value is -2.64. The van der Waals surface area contributed by atoms with Crippen molar-refractivity contribution < 1.29 is 38.1 Å². The minimum absolute atomic E-state index is 0.0178. The maximum absolute atomic E-state index is 13.9. The number of aromatic nitrogens is 2. The molecule has 14 heteroatoms. The molecule has 2 heterocycles. The Labute approximate surface area is 245 Å². The Kier molecular flexibility index (Phi) is 12.2. The number of nitrogens with zero attached hydrogens (tertiary/aromatic N) is 2. The molecule has 0 saturated carbocycles. The predicted octanol–water partition coefficient (Wildman–Crippen LogP) is 2.91. The number of aliphatic hydroxyl groups excluding tert-OH is 1. The zero-order valence-electron chi connectivity index (χ0n) is 24.5. The number of nitrogen functional groups attached to an aromatic ring is 1. The summed E-state index contributed by atoms with van der Waals surface area (Å²) in [4.78, 5) is 28.8. The Morgan fingerprint density at radius 2 is 1.88 bits per heavy atom. The quantitative estimate of drug-likeness (QED) is 0.161. The molecule has 5 N–H and O–H groups in total. The van der Waals surface area contributed by atoms with Crippen molar-refractivity contribution in [1.82, 2.24) is 14.6 Å². The molecular weight excluding hydrogens is 567 g/mol. The van der Waals surface area contributed by atoms with Crippen LogP contribution in [0.4, 0.5) is 5.82 Å². The third-order valence-electron chi connectivity index (χ3n) is 7.07. The van der Waals surface area contributed by atoms with Gasteiger partial charge in [-0.05, 0) is 44.2 Å². The lowest BCUT2D eigenvalue weighted by Gasteiger charge is -2.27. The molecule has 0 amide bonds. The molecule has 0 aliphatic carbocycles. The van der Waals surface area contributed by atoms with Crippen LogP contribution in [0, 0.1) is 5.92 Å². The van der Waals surface area contributed by atoms with Gasteiger partial charge >= 0.3 is 19.4 Å². The molecule has 1 aromatic heterocycles. The summed E-state index contributed by atoms with van der Waals surface area (Å²) in [5, 5.41) is 24.5. The van der Waals surface area contributed by atoms with Crippen molar-refractivity contribution >= 4 is 19.5 Å². The van der Waals surface area contributed by atoms with Crippen molar-refractivity contribution in [2.24, 2.45) is 5.92 Å². The van der Waals surface area contributed by atoms with Gasteiger partial charge in [-0.25, -0.2) is 14.4 Å². The van der Waals surface area contributed by atoms with E-state index in [9.17, 15) is 24.4 Å². The van der Waals surface area contributed by atoms with E-state index >= 15 is 0 Å². The van der Waals surface area contributed by atoms with Gasteiger partial charge in [-0.3, -0.25) is 18.4 Å². The molecule has 13 nitrogen and oxygen atoms in total. The minimum Gasteiger partial charge on any atom is -0.464 e. The fourth-order valence-electron chi connectivity index (χ4n) is 4.74. The summed E-state index contributed by atoms with van der Waals surface area (Å²) in [6.45, 7) is 6.55. The number of carbonyl (C=O) groups is 1. The molecule has 2 aromatic rings. The van der Waals surface area contributed by atoms with E-state index in [2.05, 4.69) is 23.9 Å². The average Bonchev–Trinajstić information content (AvgIpc) is 3.18. The molecule has 6 atom stereocenters. The highest BCUT2D eigenvalue weighted by Gasteiger charge is 2.54. The first-order chi connectivity index (χ1) is 19.9. The van der Waals surface area contributed by atoms with Crippen molar-refractivity contribution in [3.63, 3.8) is 0 Å². The minimum atomic E-state index is -4.22. The fourth-order valence-corrected chi connectivity index (χ4v) is 6.21. The molecule has 1 aromatic carbocycles. The summed E-state index contributed by atoms with van der Waals surface area (Å²) >= 11 is 0. The van der Waals surface area contributed by atoms with Crippen LogP contribution in [0.25, 0.3) is 0 Å². The van der Waals surface area contributed by atoms with Gasteiger partial charge in [-0.15, -0.1) is 0 Å². The second-order valence-electron chi connectivity index (χ2n) is 10.7. The van der Waals surface area contributed by atoms with Crippen molar-refractivity contribution in [2.75, 3.05) is 18.9 Å². The van der Waals surface area contributed by atoms with Gasteiger partial charge in [0.1, 0.15) is 29.7 Å². The van der Waals surface area contributed by atoms with Gasteiger partial charge in [0.2, 0.25) is 0 Å². The lowest BCUT2D eigenvalue weighted by Crippen LogP contribution is -2.46. The van der Waals surface area contributed by atoms with Crippen LogP contribution < -0.4 is 16.5 Å². The number of ether oxygens (including phenoxy) is 2. The van der Waals surface area contributed by atoms with E-state index in [1.165, 1.54) is 26.1 Å². The lowest BCUT2D eigenvalue weighted by atomic mass is 9.96. The van der Waals surface area contributed by atoms with Crippen LogP contribution in [-0.2, 0) is 34.5 Å². The molecule has 1 aliphatic rings. The van der Waals surface area contributed by atoms with Gasteiger partial charge in [0.25, 0.3) is 0 Å². The van der Waals surface area contributed by atoms with Crippen molar-refractivity contribution in [3.05, 3.63) is 58.6 Å². The second-order valence-corrected chi connectivity index (χ2v) is 12.5. The Bertz CT molecular complexity index is 1250. The van der Waals surface area contributed by atoms with Crippen LogP contribution in [0.3, 0.4) is 0 Å². The van der Waals surface area contributed by atoms with Crippen molar-refractivity contribution in [3.8, 4) is 0 Å². The normalized spacial score (nSPS) is 24.4. The highest BCUT2D eigenvalue weighted by Crippen LogP contribution is 2.47. The smallest absolute Gasteiger partial charge is 0.406 e. The number of hydrogen-bond donors (Lipinski definition) is 4. The van der Waals surface area contributed by atoms with E-state index in [0.717, 1.165) is 30.3 Å². The van der Waals surface area contributed by atoms with E-state index in [0.29, 0.717) is 5.56 Å². The number of carbonyl (C=O) groups excluding carboxylic acids is 1. The summed E-state index contributed by atoms with van der Waals surface area (Å²) in [6.07, 6.45) is 0.968. The maximum Gasteiger partial charge on any atom is 0.406 e. The molecular formula is C28H43N4O9P. The number of aliphatic hydroxyl groups is 2. The number of hydrogen-bond acceptors (Lipinski definition) is 11. The molecule has 0 bridgehead atoms. The highest BCUT2D eigenvalue weighted by molar-refractivity contribution is 7.51. The first-order valence-corrected chi connectivity index (χ1v) is 15.7. The van der Waals surface area contributed by atoms with Gasteiger partial charge in [0.05, 0.1) is 19.8 Å². The summed E-state index contributed by atoms with van der Waals surface area (Å²) in [6, 6.07) is 9.24. The molecule has 0 spiro atoms. The molecule has 1 saturated heterocycles. The molecule has 0 radical (unpaired) electrons. The monoisotopic (exact) mass is 610 g/mol. The van der Waals surface area contributed by atoms with Gasteiger partial charge in [0, 0.05) is 6.20 Å². The molecule has 1 unspecified atom stereocenters. The summed E-state index contributed by atoms with van der Waals surface area (Å²) in [7, 11) is -4.22. The molecule has 3 rings (SSSR count). The van der Waals surface area contributed by atoms with Gasteiger partial charge in [0.15, 0.2) is 6.23 Å². The molecule has 234 valence electrons. The SMILES string of the molecule is CCCC(CCC)COC(=O)[C@H](C)NP(=O)(OCc1ccccc1)OC[C@H]1O[C@@H](n2ccc(N)nc2=O)[C@](C)(O)[C@@H]1O. The van der Waals surface area contributed by atoms with Crippen LogP contribution in [0.1, 0.15) is 65.2 Å². The van der Waals surface area contributed by atoms with Crippen LogP contribution in [-0.4, -0.2) is 62.8 Å². The summed E-state index contributed by atoms with van der Waals surface area (Å²) in [5.74, 6) is -0.399. The van der Waals surface area contributed by atoms with Crippen LogP contribution in [0.15, 0.2) is 47.4 Å². The Balaban J connectivity index is 1.72. The van der Waals surface area contributed by atoms with Gasteiger partial charge in [-0.2, -0.15) is 4.98 Å². The van der Waals surface area contributed by atoms with E-state index in [4.69, 9.17) is 24.3 Å². The van der Waals surface area contributed by atoms with E-state index in [-0.39, 0.29) is 24.9 Å². The predicted molar refractivity (Wildman–Crippen MR) is 155 cm³/mol. The van der Waals surface area contributed by atoms with E-state index < -0.39 is 56.1 Å². The summed E-state index contributed by atoms with van der Waals surface area (Å²) < 4.78 is 37.5. The van der Waals surface area contributed by atoms with Crippen LogP contribution >= 0.6 is 7.75 Å². The third-order valence-corrected chi connectivity index (χ3v) is 8.73. The number of benzene rings is 1. The molecule has 1 aliphatic heterocycles.